The van der Waals surface area contributed by atoms with E-state index < -0.39 is 11.6 Å². The van der Waals surface area contributed by atoms with Crippen LogP contribution in [0.1, 0.15) is 31.1 Å². The highest BCUT2D eigenvalue weighted by atomic mass is 35.5. The molecule has 0 bridgehead atoms. The SMILES string of the molecule is CC(C)(C)OC(=O)c1ccc(N)nc1Cl. The van der Waals surface area contributed by atoms with Gasteiger partial charge in [-0.05, 0) is 32.9 Å². The molecule has 0 radical (unpaired) electrons. The van der Waals surface area contributed by atoms with Crippen molar-refractivity contribution in [2.24, 2.45) is 0 Å². The molecular formula is C10H13ClN2O2. The van der Waals surface area contributed by atoms with Crippen LogP contribution in [-0.4, -0.2) is 16.6 Å². The molecule has 15 heavy (non-hydrogen) atoms. The van der Waals surface area contributed by atoms with Crippen LogP contribution in [-0.2, 0) is 4.74 Å². The standard InChI is InChI=1S/C10H13ClN2O2/c1-10(2,3)15-9(14)6-4-5-7(12)13-8(6)11/h4-5H,1-3H3,(H2,12,13). The summed E-state index contributed by atoms with van der Waals surface area (Å²) in [5.41, 5.74) is 5.08. The molecule has 0 saturated heterocycles. The van der Waals surface area contributed by atoms with E-state index >= 15 is 0 Å². The van der Waals surface area contributed by atoms with Crippen LogP contribution in [0, 0.1) is 0 Å². The van der Waals surface area contributed by atoms with Crippen molar-refractivity contribution in [3.05, 3.63) is 22.8 Å². The summed E-state index contributed by atoms with van der Waals surface area (Å²) >= 11 is 5.76. The smallest absolute Gasteiger partial charge is 0.341 e. The van der Waals surface area contributed by atoms with Crippen molar-refractivity contribution >= 4 is 23.4 Å². The van der Waals surface area contributed by atoms with Gasteiger partial charge in [-0.2, -0.15) is 0 Å². The maximum atomic E-state index is 11.6. The Hall–Kier alpha value is -1.29. The van der Waals surface area contributed by atoms with Crippen LogP contribution in [0.5, 0.6) is 0 Å². The summed E-state index contributed by atoms with van der Waals surface area (Å²) in [5.74, 6) is -0.229. The topological polar surface area (TPSA) is 65.2 Å². The fraction of sp³-hybridized carbons (Fsp3) is 0.400. The van der Waals surface area contributed by atoms with E-state index in [1.807, 2.05) is 0 Å². The predicted molar refractivity (Wildman–Crippen MR) is 58.8 cm³/mol. The maximum Gasteiger partial charge on any atom is 0.341 e. The summed E-state index contributed by atoms with van der Waals surface area (Å²) in [4.78, 5) is 15.4. The second-order valence-corrected chi connectivity index (χ2v) is 4.43. The van der Waals surface area contributed by atoms with Crippen LogP contribution in [0.4, 0.5) is 5.82 Å². The van der Waals surface area contributed by atoms with Gasteiger partial charge in [0.1, 0.15) is 16.6 Å². The molecular weight excluding hydrogens is 216 g/mol. The number of nitrogen functional groups attached to an aromatic ring is 1. The minimum Gasteiger partial charge on any atom is -0.456 e. The lowest BCUT2D eigenvalue weighted by molar-refractivity contribution is 0.00694. The van der Waals surface area contributed by atoms with Gasteiger partial charge in [0.05, 0.1) is 5.56 Å². The van der Waals surface area contributed by atoms with Crippen molar-refractivity contribution in [1.29, 1.82) is 0 Å². The van der Waals surface area contributed by atoms with Crippen molar-refractivity contribution < 1.29 is 9.53 Å². The Morgan fingerprint density at radius 1 is 1.47 bits per heavy atom. The van der Waals surface area contributed by atoms with Gasteiger partial charge >= 0.3 is 5.97 Å². The van der Waals surface area contributed by atoms with Crippen LogP contribution in [0.25, 0.3) is 0 Å². The Kier molecular flexibility index (Phi) is 3.19. The van der Waals surface area contributed by atoms with Crippen molar-refractivity contribution in [3.8, 4) is 0 Å². The van der Waals surface area contributed by atoms with Crippen molar-refractivity contribution in [2.75, 3.05) is 5.73 Å². The number of rotatable bonds is 1. The van der Waals surface area contributed by atoms with Crippen LogP contribution in [0.15, 0.2) is 12.1 Å². The number of ether oxygens (including phenoxy) is 1. The molecule has 1 rings (SSSR count). The highest BCUT2D eigenvalue weighted by Crippen LogP contribution is 2.18. The molecule has 0 saturated carbocycles. The van der Waals surface area contributed by atoms with E-state index in [4.69, 9.17) is 22.1 Å². The lowest BCUT2D eigenvalue weighted by Crippen LogP contribution is -2.24. The van der Waals surface area contributed by atoms with Gasteiger partial charge in [0, 0.05) is 0 Å². The first-order valence-electron chi connectivity index (χ1n) is 4.45. The molecule has 1 aromatic heterocycles. The highest BCUT2D eigenvalue weighted by Gasteiger charge is 2.20. The second kappa shape index (κ2) is 4.06. The molecule has 2 N–H and O–H groups in total. The van der Waals surface area contributed by atoms with E-state index in [-0.39, 0.29) is 16.5 Å². The zero-order valence-corrected chi connectivity index (χ0v) is 9.63. The van der Waals surface area contributed by atoms with E-state index in [1.165, 1.54) is 12.1 Å². The zero-order valence-electron chi connectivity index (χ0n) is 8.87. The van der Waals surface area contributed by atoms with Crippen LogP contribution in [0.2, 0.25) is 5.15 Å². The molecule has 4 nitrogen and oxygen atoms in total. The number of halogens is 1. The van der Waals surface area contributed by atoms with Crippen molar-refractivity contribution in [3.63, 3.8) is 0 Å². The minimum atomic E-state index is -0.554. The first-order valence-corrected chi connectivity index (χ1v) is 4.83. The Morgan fingerprint density at radius 3 is 2.53 bits per heavy atom. The summed E-state index contributed by atoms with van der Waals surface area (Å²) < 4.78 is 5.14. The van der Waals surface area contributed by atoms with E-state index in [0.29, 0.717) is 0 Å². The van der Waals surface area contributed by atoms with Crippen LogP contribution in [0.3, 0.4) is 0 Å². The number of carbonyl (C=O) groups excluding carboxylic acids is 1. The van der Waals surface area contributed by atoms with Gasteiger partial charge in [-0.15, -0.1) is 0 Å². The summed E-state index contributed by atoms with van der Waals surface area (Å²) in [6, 6.07) is 3.00. The Balaban J connectivity index is 2.92. The third kappa shape index (κ3) is 3.40. The van der Waals surface area contributed by atoms with Gasteiger partial charge < -0.3 is 10.5 Å². The largest absolute Gasteiger partial charge is 0.456 e. The Morgan fingerprint density at radius 2 is 2.07 bits per heavy atom. The van der Waals surface area contributed by atoms with Gasteiger partial charge in [0.15, 0.2) is 0 Å². The molecule has 0 aliphatic carbocycles. The number of esters is 1. The predicted octanol–water partition coefficient (Wildman–Crippen LogP) is 2.27. The number of carbonyl (C=O) groups is 1. The van der Waals surface area contributed by atoms with Gasteiger partial charge in [-0.3, -0.25) is 0 Å². The Bertz CT molecular complexity index is 385. The van der Waals surface area contributed by atoms with Crippen molar-refractivity contribution in [1.82, 2.24) is 4.98 Å². The molecule has 0 atom stereocenters. The van der Waals surface area contributed by atoms with Gasteiger partial charge in [-0.1, -0.05) is 11.6 Å². The zero-order chi connectivity index (χ0) is 11.6. The number of aromatic nitrogens is 1. The van der Waals surface area contributed by atoms with Gasteiger partial charge in [0.2, 0.25) is 0 Å². The molecule has 0 aliphatic heterocycles. The van der Waals surface area contributed by atoms with E-state index in [1.54, 1.807) is 20.8 Å². The maximum absolute atomic E-state index is 11.6. The molecule has 1 aromatic rings. The van der Waals surface area contributed by atoms with Crippen LogP contribution >= 0.6 is 11.6 Å². The highest BCUT2D eigenvalue weighted by molar-refractivity contribution is 6.32. The first-order chi connectivity index (χ1) is 6.79. The normalized spacial score (nSPS) is 11.2. The molecule has 1 heterocycles. The molecule has 0 unspecified atom stereocenters. The lowest BCUT2D eigenvalue weighted by Gasteiger charge is -2.19. The number of pyridine rings is 1. The number of hydrogen-bond acceptors (Lipinski definition) is 4. The molecule has 0 fully saturated rings. The molecule has 5 heteroatoms. The number of anilines is 1. The van der Waals surface area contributed by atoms with Gasteiger partial charge in [-0.25, -0.2) is 9.78 Å². The first kappa shape index (κ1) is 11.8. The number of hydrogen-bond donors (Lipinski definition) is 1. The second-order valence-electron chi connectivity index (χ2n) is 4.08. The quantitative estimate of drug-likeness (QED) is 0.592. The molecule has 0 aromatic carbocycles. The monoisotopic (exact) mass is 228 g/mol. The fourth-order valence-corrected chi connectivity index (χ4v) is 1.17. The third-order valence-corrected chi connectivity index (χ3v) is 1.78. The van der Waals surface area contributed by atoms with E-state index in [9.17, 15) is 4.79 Å². The molecule has 0 amide bonds. The lowest BCUT2D eigenvalue weighted by atomic mass is 10.2. The van der Waals surface area contributed by atoms with E-state index in [2.05, 4.69) is 4.98 Å². The van der Waals surface area contributed by atoms with Gasteiger partial charge in [0.25, 0.3) is 0 Å². The summed E-state index contributed by atoms with van der Waals surface area (Å²) in [6.07, 6.45) is 0. The average molecular weight is 229 g/mol. The summed E-state index contributed by atoms with van der Waals surface area (Å²) in [7, 11) is 0. The van der Waals surface area contributed by atoms with Crippen LogP contribution < -0.4 is 5.73 Å². The average Bonchev–Trinajstić information content (AvgIpc) is 1.99. The number of nitrogens with zero attached hydrogens (tertiary/aromatic N) is 1. The van der Waals surface area contributed by atoms with E-state index in [0.717, 1.165) is 0 Å². The molecule has 0 aliphatic rings. The Labute approximate surface area is 93.4 Å². The summed E-state index contributed by atoms with van der Waals surface area (Å²) in [6.45, 7) is 5.34. The minimum absolute atomic E-state index is 0.0595. The number of nitrogens with two attached hydrogens (primary N) is 1. The third-order valence-electron chi connectivity index (χ3n) is 1.49. The molecule has 82 valence electrons. The fourth-order valence-electron chi connectivity index (χ4n) is 0.934. The molecule has 0 spiro atoms. The van der Waals surface area contributed by atoms with Crippen molar-refractivity contribution in [2.45, 2.75) is 26.4 Å². The summed E-state index contributed by atoms with van der Waals surface area (Å²) in [5, 5.41) is 0.0595.